The van der Waals surface area contributed by atoms with Crippen molar-refractivity contribution < 1.29 is 19.1 Å². The second kappa shape index (κ2) is 8.93. The number of amides is 1. The molecule has 0 saturated carbocycles. The number of carbonyl (C=O) groups excluding carboxylic acids is 2. The monoisotopic (exact) mass is 438 g/mol. The molecule has 0 radical (unpaired) electrons. The van der Waals surface area contributed by atoms with Gasteiger partial charge in [0.05, 0.1) is 12.8 Å². The second-order valence-electron chi connectivity index (χ2n) is 6.65. The van der Waals surface area contributed by atoms with E-state index < -0.39 is 12.1 Å². The number of hydrogen-bond acceptors (Lipinski definition) is 6. The van der Waals surface area contributed by atoms with Gasteiger partial charge < -0.3 is 20.1 Å². The molecule has 1 atom stereocenters. The Balaban J connectivity index is 1.46. The number of nitrogens with zero attached hydrogens (tertiary/aromatic N) is 1. The van der Waals surface area contributed by atoms with Gasteiger partial charge in [0.15, 0.2) is 0 Å². The van der Waals surface area contributed by atoms with Crippen LogP contribution in [0.4, 0.5) is 11.5 Å². The van der Waals surface area contributed by atoms with Crippen LogP contribution in [-0.4, -0.2) is 28.7 Å². The van der Waals surface area contributed by atoms with Crippen molar-refractivity contribution in [3.63, 3.8) is 0 Å². The molecule has 0 saturated heterocycles. The van der Waals surface area contributed by atoms with Gasteiger partial charge in [0.25, 0.3) is 5.91 Å². The second-order valence-corrected chi connectivity index (χ2v) is 7.09. The maximum absolute atomic E-state index is 12.7. The van der Waals surface area contributed by atoms with Crippen LogP contribution in [0.2, 0.25) is 5.02 Å². The van der Waals surface area contributed by atoms with Crippen LogP contribution in [0.15, 0.2) is 66.5 Å². The predicted octanol–water partition coefficient (Wildman–Crippen LogP) is 4.31. The van der Waals surface area contributed by atoms with Crippen LogP contribution in [0.25, 0.3) is 0 Å². The number of anilines is 2. The normalized spacial score (nSPS) is 15.2. The van der Waals surface area contributed by atoms with Crippen LogP contribution in [0.1, 0.15) is 28.9 Å². The van der Waals surface area contributed by atoms with Gasteiger partial charge in [0.1, 0.15) is 28.9 Å². The number of benzene rings is 2. The van der Waals surface area contributed by atoms with E-state index in [0.717, 1.165) is 5.56 Å². The molecule has 1 aliphatic rings. The lowest BCUT2D eigenvalue weighted by Gasteiger charge is -2.08. The van der Waals surface area contributed by atoms with Gasteiger partial charge in [-0.2, -0.15) is 5.10 Å². The van der Waals surface area contributed by atoms with Gasteiger partial charge in [-0.15, -0.1) is 0 Å². The zero-order chi connectivity index (χ0) is 21.8. The number of cyclic esters (lactones) is 1. The third-order valence-electron chi connectivity index (χ3n) is 4.54. The summed E-state index contributed by atoms with van der Waals surface area (Å²) in [6.45, 7) is 2.46. The van der Waals surface area contributed by atoms with E-state index in [0.29, 0.717) is 23.1 Å². The van der Waals surface area contributed by atoms with Crippen molar-refractivity contribution in [3.05, 3.63) is 82.7 Å². The summed E-state index contributed by atoms with van der Waals surface area (Å²) < 4.78 is 10.8. The fourth-order valence-corrected chi connectivity index (χ4v) is 3.16. The molecular weight excluding hydrogens is 420 g/mol. The quantitative estimate of drug-likeness (QED) is 0.475. The first-order valence-electron chi connectivity index (χ1n) is 9.56. The van der Waals surface area contributed by atoms with Gasteiger partial charge in [-0.1, -0.05) is 23.7 Å². The van der Waals surface area contributed by atoms with Crippen molar-refractivity contribution in [3.8, 4) is 5.75 Å². The first-order chi connectivity index (χ1) is 15.0. The molecule has 0 spiro atoms. The summed E-state index contributed by atoms with van der Waals surface area (Å²) in [6, 6.07) is 14.0. The third kappa shape index (κ3) is 4.70. The minimum atomic E-state index is -0.545. The molecule has 0 bridgehead atoms. The lowest BCUT2D eigenvalue weighted by atomic mass is 10.1. The first kappa shape index (κ1) is 20.5. The number of rotatable bonds is 7. The summed E-state index contributed by atoms with van der Waals surface area (Å²) in [5.41, 5.74) is 1.84. The van der Waals surface area contributed by atoms with Gasteiger partial charge in [-0.3, -0.25) is 9.89 Å². The Bertz CT molecular complexity index is 1120. The molecular formula is C22H19ClN4O4. The average molecular weight is 439 g/mol. The van der Waals surface area contributed by atoms with Crippen LogP contribution < -0.4 is 15.4 Å². The van der Waals surface area contributed by atoms with Crippen molar-refractivity contribution in [1.82, 2.24) is 10.2 Å². The molecule has 2 heterocycles. The highest BCUT2D eigenvalue weighted by molar-refractivity contribution is 6.30. The lowest BCUT2D eigenvalue weighted by molar-refractivity contribution is -0.139. The number of ether oxygens (including phenoxy) is 2. The highest BCUT2D eigenvalue weighted by Crippen LogP contribution is 2.29. The summed E-state index contributed by atoms with van der Waals surface area (Å²) >= 11 is 5.91. The molecule has 0 fully saturated rings. The van der Waals surface area contributed by atoms with E-state index in [9.17, 15) is 9.59 Å². The molecule has 0 aliphatic carbocycles. The lowest BCUT2D eigenvalue weighted by Crippen LogP contribution is -2.15. The molecule has 9 heteroatoms. The molecule has 3 N–H and O–H groups in total. The van der Waals surface area contributed by atoms with Crippen molar-refractivity contribution in [2.24, 2.45) is 0 Å². The topological polar surface area (TPSA) is 105 Å². The maximum atomic E-state index is 12.7. The van der Waals surface area contributed by atoms with Gasteiger partial charge in [0, 0.05) is 10.7 Å². The summed E-state index contributed by atoms with van der Waals surface area (Å²) in [5.74, 6) is 0.0746. The molecule has 31 heavy (non-hydrogen) atoms. The van der Waals surface area contributed by atoms with E-state index >= 15 is 0 Å². The molecule has 4 rings (SSSR count). The van der Waals surface area contributed by atoms with Crippen molar-refractivity contribution in [2.75, 3.05) is 17.2 Å². The fraction of sp³-hybridized carbons (Fsp3) is 0.136. The predicted molar refractivity (Wildman–Crippen MR) is 116 cm³/mol. The van der Waals surface area contributed by atoms with E-state index in [1.807, 2.05) is 6.92 Å². The van der Waals surface area contributed by atoms with E-state index in [1.165, 1.54) is 6.20 Å². The number of halogens is 1. The van der Waals surface area contributed by atoms with Crippen molar-refractivity contribution in [2.45, 2.75) is 13.0 Å². The summed E-state index contributed by atoms with van der Waals surface area (Å²) in [5, 5.41) is 12.9. The molecule has 1 aromatic heterocycles. The van der Waals surface area contributed by atoms with E-state index in [1.54, 1.807) is 54.6 Å². The van der Waals surface area contributed by atoms with E-state index in [4.69, 9.17) is 21.1 Å². The zero-order valence-corrected chi connectivity index (χ0v) is 17.3. The minimum Gasteiger partial charge on any atom is -0.494 e. The number of H-pyrrole nitrogens is 1. The number of esters is 1. The van der Waals surface area contributed by atoms with Crippen LogP contribution >= 0.6 is 11.6 Å². The number of carbonyl (C=O) groups is 2. The van der Waals surface area contributed by atoms with Crippen LogP contribution in [-0.2, 0) is 9.53 Å². The average Bonchev–Trinajstić information content (AvgIpc) is 3.37. The van der Waals surface area contributed by atoms with Gasteiger partial charge in [0.2, 0.25) is 0 Å². The summed E-state index contributed by atoms with van der Waals surface area (Å²) in [7, 11) is 0. The Morgan fingerprint density at radius 3 is 2.65 bits per heavy atom. The number of hydrogen-bond donors (Lipinski definition) is 3. The molecule has 3 aromatic rings. The van der Waals surface area contributed by atoms with Crippen LogP contribution in [0, 0.1) is 0 Å². The highest BCUT2D eigenvalue weighted by atomic mass is 35.5. The van der Waals surface area contributed by atoms with Gasteiger partial charge in [-0.25, -0.2) is 4.79 Å². The smallest absolute Gasteiger partial charge is 0.355 e. The molecule has 1 unspecified atom stereocenters. The summed E-state index contributed by atoms with van der Waals surface area (Å²) in [4.78, 5) is 25.0. The van der Waals surface area contributed by atoms with Crippen LogP contribution in [0.3, 0.4) is 0 Å². The third-order valence-corrected chi connectivity index (χ3v) is 4.79. The number of aromatic amines is 1. The number of aromatic nitrogens is 2. The zero-order valence-electron chi connectivity index (χ0n) is 16.5. The van der Waals surface area contributed by atoms with E-state index in [2.05, 4.69) is 20.8 Å². The molecule has 158 valence electrons. The minimum absolute atomic E-state index is 0.208. The number of nitrogens with one attached hydrogen (secondary N) is 3. The standard InChI is InChI=1S/C22H19ClN4O4/c1-2-30-16-9-7-15(8-10-16)25-21(28)17-12-24-27-20(17)26-18-11-19(31-22(18)29)13-3-5-14(23)6-4-13/h3-12,19H,2H2,1H3,(H,25,28)(H2,24,26,27). The first-order valence-corrected chi connectivity index (χ1v) is 9.94. The Kier molecular flexibility index (Phi) is 5.90. The van der Waals surface area contributed by atoms with Crippen molar-refractivity contribution in [1.29, 1.82) is 0 Å². The molecule has 8 nitrogen and oxygen atoms in total. The van der Waals surface area contributed by atoms with Crippen molar-refractivity contribution >= 4 is 35.0 Å². The maximum Gasteiger partial charge on any atom is 0.355 e. The Labute approximate surface area is 183 Å². The van der Waals surface area contributed by atoms with Crippen LogP contribution in [0.5, 0.6) is 5.75 Å². The molecule has 1 amide bonds. The Morgan fingerprint density at radius 1 is 1.19 bits per heavy atom. The Morgan fingerprint density at radius 2 is 1.94 bits per heavy atom. The van der Waals surface area contributed by atoms with E-state index in [-0.39, 0.29) is 23.0 Å². The fourth-order valence-electron chi connectivity index (χ4n) is 3.03. The molecule has 1 aliphatic heterocycles. The SMILES string of the molecule is CCOc1ccc(NC(=O)c2cn[nH]c2NC2=CC(c3ccc(Cl)cc3)OC2=O)cc1. The van der Waals surface area contributed by atoms with Gasteiger partial charge >= 0.3 is 5.97 Å². The summed E-state index contributed by atoms with van der Waals surface area (Å²) in [6.07, 6.45) is 2.47. The van der Waals surface area contributed by atoms with Gasteiger partial charge in [-0.05, 0) is 55.0 Å². The highest BCUT2D eigenvalue weighted by Gasteiger charge is 2.28. The molecule has 2 aromatic carbocycles. The Hall–Kier alpha value is -3.78. The largest absolute Gasteiger partial charge is 0.494 e.